The van der Waals surface area contributed by atoms with Gasteiger partial charge in [-0.15, -0.1) is 5.10 Å². The van der Waals surface area contributed by atoms with Crippen molar-refractivity contribution in [2.24, 2.45) is 0 Å². The van der Waals surface area contributed by atoms with Crippen LogP contribution >= 0.6 is 0 Å². The maximum atomic E-state index is 5.08. The SMILES string of the molecule is [CH]=CCc1nnn[nH]1. The first kappa shape index (κ1) is 4.96. The molecule has 0 saturated carbocycles. The van der Waals surface area contributed by atoms with Crippen LogP contribution in [0.1, 0.15) is 5.82 Å². The second-order valence-electron chi connectivity index (χ2n) is 1.29. The van der Waals surface area contributed by atoms with E-state index in [4.69, 9.17) is 6.58 Å². The Morgan fingerprint density at radius 1 is 1.75 bits per heavy atom. The minimum Gasteiger partial charge on any atom is -0.243 e. The standard InChI is InChI=1S/C4H5N4/c1-2-3-4-5-7-8-6-4/h1-2H,3H2,(H,5,6,7,8). The van der Waals surface area contributed by atoms with E-state index in [1.165, 1.54) is 6.08 Å². The van der Waals surface area contributed by atoms with Gasteiger partial charge >= 0.3 is 0 Å². The molecule has 41 valence electrons. The number of rotatable bonds is 2. The van der Waals surface area contributed by atoms with E-state index in [-0.39, 0.29) is 0 Å². The molecule has 1 aromatic heterocycles. The molecule has 0 aromatic carbocycles. The van der Waals surface area contributed by atoms with Crippen LogP contribution in [0.2, 0.25) is 0 Å². The van der Waals surface area contributed by atoms with Crippen molar-refractivity contribution in [2.45, 2.75) is 6.42 Å². The summed E-state index contributed by atoms with van der Waals surface area (Å²) in [6.07, 6.45) is 2.08. The summed E-state index contributed by atoms with van der Waals surface area (Å²) >= 11 is 0. The maximum Gasteiger partial charge on any atom is 0.152 e. The van der Waals surface area contributed by atoms with Crippen molar-refractivity contribution in [2.75, 3.05) is 0 Å². The number of allylic oxidation sites excluding steroid dienone is 1. The number of hydrogen-bond acceptors (Lipinski definition) is 3. The van der Waals surface area contributed by atoms with Gasteiger partial charge in [0.2, 0.25) is 0 Å². The normalized spacial score (nSPS) is 9.00. The van der Waals surface area contributed by atoms with Crippen LogP contribution in [-0.4, -0.2) is 20.6 Å². The molecule has 0 aliphatic rings. The molecule has 1 N–H and O–H groups in total. The number of nitrogens with zero attached hydrogens (tertiary/aromatic N) is 3. The molecule has 0 saturated heterocycles. The van der Waals surface area contributed by atoms with Crippen LogP contribution in [0.25, 0.3) is 0 Å². The summed E-state index contributed by atoms with van der Waals surface area (Å²) in [4.78, 5) is 0. The number of hydrogen-bond donors (Lipinski definition) is 1. The summed E-state index contributed by atoms with van der Waals surface area (Å²) in [5.41, 5.74) is 0. The van der Waals surface area contributed by atoms with Crippen molar-refractivity contribution in [3.63, 3.8) is 0 Å². The van der Waals surface area contributed by atoms with Crippen LogP contribution in [0.3, 0.4) is 0 Å². The van der Waals surface area contributed by atoms with E-state index in [1.807, 2.05) is 0 Å². The Kier molecular flexibility index (Phi) is 1.37. The lowest BCUT2D eigenvalue weighted by molar-refractivity contribution is 0.881. The molecule has 0 atom stereocenters. The topological polar surface area (TPSA) is 54.5 Å². The smallest absolute Gasteiger partial charge is 0.152 e. The van der Waals surface area contributed by atoms with Crippen molar-refractivity contribution in [3.8, 4) is 0 Å². The lowest BCUT2D eigenvalue weighted by Gasteiger charge is -1.77. The van der Waals surface area contributed by atoms with Crippen LogP contribution in [0.4, 0.5) is 0 Å². The van der Waals surface area contributed by atoms with Gasteiger partial charge in [0, 0.05) is 6.42 Å². The highest BCUT2D eigenvalue weighted by atomic mass is 15.5. The highest BCUT2D eigenvalue weighted by Crippen LogP contribution is 1.82. The Labute approximate surface area is 46.6 Å². The molecule has 1 radical (unpaired) electrons. The molecule has 8 heavy (non-hydrogen) atoms. The minimum atomic E-state index is 0.590. The molecule has 0 bridgehead atoms. The number of aromatic nitrogens is 4. The molecule has 0 unspecified atom stereocenters. The first-order valence-corrected chi connectivity index (χ1v) is 2.19. The second kappa shape index (κ2) is 2.20. The fourth-order valence-corrected chi connectivity index (χ4v) is 0.377. The average molecular weight is 109 g/mol. The first-order chi connectivity index (χ1) is 3.93. The predicted octanol–water partition coefficient (Wildman–Crippen LogP) is -0.269. The van der Waals surface area contributed by atoms with E-state index in [0.29, 0.717) is 12.2 Å². The number of H-pyrrole nitrogens is 1. The maximum absolute atomic E-state index is 5.08. The Hall–Kier alpha value is -1.19. The van der Waals surface area contributed by atoms with Gasteiger partial charge in [0.1, 0.15) is 0 Å². The summed E-state index contributed by atoms with van der Waals surface area (Å²) in [6, 6.07) is 0. The molecule has 4 heteroatoms. The average Bonchev–Trinajstić information content (AvgIpc) is 2.19. The highest BCUT2D eigenvalue weighted by molar-refractivity contribution is 4.84. The number of aromatic amines is 1. The van der Waals surface area contributed by atoms with Crippen molar-refractivity contribution < 1.29 is 0 Å². The van der Waals surface area contributed by atoms with Crippen LogP contribution in [-0.2, 0) is 6.42 Å². The zero-order valence-corrected chi connectivity index (χ0v) is 4.20. The van der Waals surface area contributed by atoms with Crippen LogP contribution < -0.4 is 0 Å². The third-order valence-corrected chi connectivity index (χ3v) is 0.700. The fourth-order valence-electron chi connectivity index (χ4n) is 0.377. The van der Waals surface area contributed by atoms with E-state index >= 15 is 0 Å². The van der Waals surface area contributed by atoms with Gasteiger partial charge in [-0.3, -0.25) is 0 Å². The molecule has 0 fully saturated rings. The lowest BCUT2D eigenvalue weighted by atomic mass is 10.4. The third kappa shape index (κ3) is 0.900. The van der Waals surface area contributed by atoms with Gasteiger partial charge in [0.25, 0.3) is 0 Å². The lowest BCUT2D eigenvalue weighted by Crippen LogP contribution is -1.82. The molecule has 1 heterocycles. The largest absolute Gasteiger partial charge is 0.243 e. The molecular formula is C4H5N4. The van der Waals surface area contributed by atoms with E-state index < -0.39 is 0 Å². The monoisotopic (exact) mass is 109 g/mol. The van der Waals surface area contributed by atoms with E-state index in [1.54, 1.807) is 0 Å². The molecule has 0 aliphatic heterocycles. The van der Waals surface area contributed by atoms with Gasteiger partial charge in [-0.2, -0.15) is 0 Å². The Balaban J connectivity index is 2.62. The minimum absolute atomic E-state index is 0.590. The molecular weight excluding hydrogens is 104 g/mol. The van der Waals surface area contributed by atoms with Crippen LogP contribution in [0, 0.1) is 6.58 Å². The van der Waals surface area contributed by atoms with E-state index in [0.717, 1.165) is 0 Å². The molecule has 4 nitrogen and oxygen atoms in total. The molecule has 1 aromatic rings. The van der Waals surface area contributed by atoms with Crippen molar-refractivity contribution in [1.29, 1.82) is 0 Å². The summed E-state index contributed by atoms with van der Waals surface area (Å²) in [6.45, 7) is 5.08. The number of nitrogens with one attached hydrogen (secondary N) is 1. The molecule has 0 aliphatic carbocycles. The predicted molar refractivity (Wildman–Crippen MR) is 26.8 cm³/mol. The summed E-state index contributed by atoms with van der Waals surface area (Å²) in [5.74, 6) is 0.688. The fraction of sp³-hybridized carbons (Fsp3) is 0.250. The van der Waals surface area contributed by atoms with Crippen LogP contribution in [0.15, 0.2) is 6.08 Å². The Bertz CT molecular complexity index is 155. The Morgan fingerprint density at radius 3 is 3.12 bits per heavy atom. The van der Waals surface area contributed by atoms with Gasteiger partial charge in [0.15, 0.2) is 5.82 Å². The van der Waals surface area contributed by atoms with Gasteiger partial charge in [0.05, 0.1) is 0 Å². The molecule has 1 rings (SSSR count). The summed E-state index contributed by atoms with van der Waals surface area (Å²) in [5, 5.41) is 12.8. The molecule has 0 spiro atoms. The Morgan fingerprint density at radius 2 is 2.62 bits per heavy atom. The summed E-state index contributed by atoms with van der Waals surface area (Å²) in [7, 11) is 0. The van der Waals surface area contributed by atoms with Crippen molar-refractivity contribution in [1.82, 2.24) is 20.6 Å². The van der Waals surface area contributed by atoms with Gasteiger partial charge in [-0.25, -0.2) is 5.10 Å². The first-order valence-electron chi connectivity index (χ1n) is 2.19. The zero-order chi connectivity index (χ0) is 5.82. The van der Waals surface area contributed by atoms with Gasteiger partial charge < -0.3 is 0 Å². The quantitative estimate of drug-likeness (QED) is 0.568. The summed E-state index contributed by atoms with van der Waals surface area (Å²) < 4.78 is 0. The van der Waals surface area contributed by atoms with Crippen molar-refractivity contribution >= 4 is 0 Å². The van der Waals surface area contributed by atoms with Crippen LogP contribution in [0.5, 0.6) is 0 Å². The third-order valence-electron chi connectivity index (χ3n) is 0.700. The number of tetrazole rings is 1. The van der Waals surface area contributed by atoms with E-state index in [9.17, 15) is 0 Å². The van der Waals surface area contributed by atoms with Gasteiger partial charge in [-0.1, -0.05) is 12.7 Å². The van der Waals surface area contributed by atoms with E-state index in [2.05, 4.69) is 20.6 Å². The molecule has 0 amide bonds. The zero-order valence-electron chi connectivity index (χ0n) is 4.20. The van der Waals surface area contributed by atoms with Gasteiger partial charge in [-0.05, 0) is 10.4 Å². The second-order valence-corrected chi connectivity index (χ2v) is 1.29. The van der Waals surface area contributed by atoms with Crippen molar-refractivity contribution in [3.05, 3.63) is 18.5 Å². The highest BCUT2D eigenvalue weighted by Gasteiger charge is 1.88.